The topological polar surface area (TPSA) is 95.3 Å². The van der Waals surface area contributed by atoms with Crippen molar-refractivity contribution in [2.75, 3.05) is 12.0 Å². The predicted octanol–water partition coefficient (Wildman–Crippen LogP) is 6.43. The van der Waals surface area contributed by atoms with E-state index in [2.05, 4.69) is 15.3 Å². The number of hydrogen-bond acceptors (Lipinski definition) is 7. The van der Waals surface area contributed by atoms with Crippen LogP contribution in [0.25, 0.3) is 0 Å². The molecule has 8 nitrogen and oxygen atoms in total. The van der Waals surface area contributed by atoms with Crippen LogP contribution in [0.15, 0.2) is 73.2 Å². The number of aromatic nitrogens is 3. The summed E-state index contributed by atoms with van der Waals surface area (Å²) in [6.45, 7) is 5.33. The summed E-state index contributed by atoms with van der Waals surface area (Å²) < 4.78 is 41.1. The van der Waals surface area contributed by atoms with E-state index in [4.69, 9.17) is 9.47 Å². The molecule has 0 bridgehead atoms. The van der Waals surface area contributed by atoms with Crippen molar-refractivity contribution in [3.63, 3.8) is 0 Å². The summed E-state index contributed by atoms with van der Waals surface area (Å²) in [4.78, 5) is 35.8. The molecule has 0 radical (unpaired) electrons. The van der Waals surface area contributed by atoms with Gasteiger partial charge < -0.3 is 19.4 Å². The van der Waals surface area contributed by atoms with Crippen molar-refractivity contribution in [1.82, 2.24) is 19.9 Å². The number of thioether (sulfide) groups is 1. The van der Waals surface area contributed by atoms with E-state index >= 15 is 0 Å². The quantitative estimate of drug-likeness (QED) is 0.157. The predicted molar refractivity (Wildman–Crippen MR) is 175 cm³/mol. The van der Waals surface area contributed by atoms with Crippen molar-refractivity contribution < 1.29 is 27.8 Å². The number of carbonyl (C=O) groups excluding carboxylic acids is 2. The monoisotopic (exact) mass is 650 g/mol. The van der Waals surface area contributed by atoms with Gasteiger partial charge in [0, 0.05) is 31.4 Å². The standard InChI is InChI=1S/C35H40F2N4O4S/c1-35(2,3)45-34(43)29(18-19-46-5)39-33(42)32-25(9-6-23-7-13-26(36)14-8-23)12-17-31(40-32)44-30(20-28-21-38-22-41(28)4)24-10-15-27(37)16-11-24/h7-8,10-17,21-22,29-30H,6,9,18-20H2,1-5H3,(H,39,42)/t29-,30?/m0/s1. The number of hydrogen-bond donors (Lipinski definition) is 1. The molecule has 2 atom stereocenters. The number of nitrogens with one attached hydrogen (secondary N) is 1. The molecule has 0 fully saturated rings. The zero-order valence-electron chi connectivity index (χ0n) is 26.8. The fraction of sp³-hybridized carbons (Fsp3) is 0.371. The minimum absolute atomic E-state index is 0.107. The number of aryl methyl sites for hydroxylation is 3. The van der Waals surface area contributed by atoms with Gasteiger partial charge in [0.15, 0.2) is 0 Å². The lowest BCUT2D eigenvalue weighted by atomic mass is 10.0. The van der Waals surface area contributed by atoms with Crippen LogP contribution in [0, 0.1) is 11.6 Å². The lowest BCUT2D eigenvalue weighted by Crippen LogP contribution is -2.45. The van der Waals surface area contributed by atoms with Gasteiger partial charge in [-0.1, -0.05) is 30.3 Å². The first kappa shape index (κ1) is 34.6. The molecule has 46 heavy (non-hydrogen) atoms. The van der Waals surface area contributed by atoms with Crippen LogP contribution in [-0.2, 0) is 35.8 Å². The Bertz CT molecular complexity index is 1600. The van der Waals surface area contributed by atoms with Crippen molar-refractivity contribution in [3.8, 4) is 5.88 Å². The van der Waals surface area contributed by atoms with Crippen molar-refractivity contribution in [1.29, 1.82) is 0 Å². The van der Waals surface area contributed by atoms with Gasteiger partial charge in [0.05, 0.1) is 6.33 Å². The highest BCUT2D eigenvalue weighted by molar-refractivity contribution is 7.98. The Balaban J connectivity index is 1.66. The summed E-state index contributed by atoms with van der Waals surface area (Å²) in [6.07, 6.45) is 6.52. The molecule has 0 saturated carbocycles. The molecule has 4 aromatic rings. The first-order valence-electron chi connectivity index (χ1n) is 15.1. The molecule has 0 saturated heterocycles. The second-order valence-electron chi connectivity index (χ2n) is 12.0. The molecule has 2 heterocycles. The lowest BCUT2D eigenvalue weighted by Gasteiger charge is -2.25. The molecular formula is C35H40F2N4O4S. The number of carbonyl (C=O) groups is 2. The maximum Gasteiger partial charge on any atom is 0.329 e. The van der Waals surface area contributed by atoms with Gasteiger partial charge >= 0.3 is 5.97 Å². The molecule has 1 N–H and O–H groups in total. The van der Waals surface area contributed by atoms with Crippen molar-refractivity contribution in [3.05, 3.63) is 113 Å². The number of pyridine rings is 1. The number of esters is 1. The minimum atomic E-state index is -0.882. The molecule has 11 heteroatoms. The van der Waals surface area contributed by atoms with Crippen LogP contribution in [0.3, 0.4) is 0 Å². The number of amides is 1. The molecule has 244 valence electrons. The number of nitrogens with zero attached hydrogens (tertiary/aromatic N) is 3. The van der Waals surface area contributed by atoms with E-state index in [1.165, 1.54) is 24.3 Å². The van der Waals surface area contributed by atoms with Gasteiger partial charge in [-0.15, -0.1) is 0 Å². The summed E-state index contributed by atoms with van der Waals surface area (Å²) >= 11 is 1.56. The molecule has 0 aliphatic rings. The highest BCUT2D eigenvalue weighted by Gasteiger charge is 2.28. The molecule has 4 rings (SSSR count). The third-order valence-corrected chi connectivity index (χ3v) is 7.83. The number of imidazole rings is 1. The van der Waals surface area contributed by atoms with Gasteiger partial charge in [-0.05, 0) is 93.0 Å². The number of rotatable bonds is 14. The molecule has 1 amide bonds. The van der Waals surface area contributed by atoms with Gasteiger partial charge in [-0.3, -0.25) is 4.79 Å². The van der Waals surface area contributed by atoms with E-state index in [9.17, 15) is 18.4 Å². The van der Waals surface area contributed by atoms with E-state index in [1.807, 2.05) is 17.9 Å². The molecule has 0 aliphatic carbocycles. The van der Waals surface area contributed by atoms with Crippen molar-refractivity contribution in [2.45, 2.75) is 64.2 Å². The zero-order valence-corrected chi connectivity index (χ0v) is 27.6. The van der Waals surface area contributed by atoms with Crippen LogP contribution in [-0.4, -0.2) is 50.1 Å². The van der Waals surface area contributed by atoms with Crippen LogP contribution in [0.1, 0.15) is 66.2 Å². The fourth-order valence-corrected chi connectivity index (χ4v) is 5.24. The largest absolute Gasteiger partial charge is 0.469 e. The van der Waals surface area contributed by atoms with E-state index in [0.717, 1.165) is 16.8 Å². The Morgan fingerprint density at radius 1 is 0.978 bits per heavy atom. The Labute approximate surface area is 272 Å². The third kappa shape index (κ3) is 10.1. The van der Waals surface area contributed by atoms with Gasteiger partial charge in [0.1, 0.15) is 35.1 Å². The molecule has 2 aromatic heterocycles. The van der Waals surface area contributed by atoms with Gasteiger partial charge in [0.2, 0.25) is 5.88 Å². The lowest BCUT2D eigenvalue weighted by molar-refractivity contribution is -0.157. The van der Waals surface area contributed by atoms with E-state index in [1.54, 1.807) is 81.5 Å². The summed E-state index contributed by atoms with van der Waals surface area (Å²) in [5, 5.41) is 2.85. The Morgan fingerprint density at radius 3 is 2.26 bits per heavy atom. The number of halogens is 2. The number of ether oxygens (including phenoxy) is 2. The van der Waals surface area contributed by atoms with Crippen LogP contribution < -0.4 is 10.1 Å². The van der Waals surface area contributed by atoms with E-state index in [0.29, 0.717) is 37.0 Å². The Morgan fingerprint density at radius 2 is 1.65 bits per heavy atom. The van der Waals surface area contributed by atoms with Crippen molar-refractivity contribution in [2.24, 2.45) is 7.05 Å². The van der Waals surface area contributed by atoms with Gasteiger partial charge in [0.25, 0.3) is 5.91 Å². The molecule has 1 unspecified atom stereocenters. The normalized spacial score (nSPS) is 12.8. The summed E-state index contributed by atoms with van der Waals surface area (Å²) in [5.74, 6) is -0.945. The van der Waals surface area contributed by atoms with Crippen LogP contribution in [0.5, 0.6) is 5.88 Å². The van der Waals surface area contributed by atoms with Crippen molar-refractivity contribution >= 4 is 23.6 Å². The van der Waals surface area contributed by atoms with Gasteiger partial charge in [-0.2, -0.15) is 11.8 Å². The zero-order chi connectivity index (χ0) is 33.3. The molecular weight excluding hydrogens is 610 g/mol. The summed E-state index contributed by atoms with van der Waals surface area (Å²) in [7, 11) is 1.87. The minimum Gasteiger partial charge on any atom is -0.469 e. The third-order valence-electron chi connectivity index (χ3n) is 7.19. The summed E-state index contributed by atoms with van der Waals surface area (Å²) in [5.41, 5.74) is 2.51. The van der Waals surface area contributed by atoms with Gasteiger partial charge in [-0.25, -0.2) is 23.5 Å². The first-order chi connectivity index (χ1) is 21.9. The van der Waals surface area contributed by atoms with Crippen LogP contribution in [0.4, 0.5) is 8.78 Å². The Kier molecular flexibility index (Phi) is 11.9. The maximum absolute atomic E-state index is 13.9. The second-order valence-corrected chi connectivity index (χ2v) is 13.0. The maximum atomic E-state index is 13.9. The highest BCUT2D eigenvalue weighted by Crippen LogP contribution is 2.26. The summed E-state index contributed by atoms with van der Waals surface area (Å²) in [6, 6.07) is 14.8. The second kappa shape index (κ2) is 15.8. The SMILES string of the molecule is CSCC[C@H](NC(=O)c1nc(OC(Cc2cncn2C)c2ccc(F)cc2)ccc1CCc1ccc(F)cc1)C(=O)OC(C)(C)C. The average molecular weight is 651 g/mol. The Hall–Kier alpha value is -4.25. The molecule has 0 aliphatic heterocycles. The van der Waals surface area contributed by atoms with E-state index < -0.39 is 29.6 Å². The average Bonchev–Trinajstić information content (AvgIpc) is 3.42. The highest BCUT2D eigenvalue weighted by atomic mass is 32.2. The first-order valence-corrected chi connectivity index (χ1v) is 16.5. The van der Waals surface area contributed by atoms with Crippen LogP contribution >= 0.6 is 11.8 Å². The van der Waals surface area contributed by atoms with Crippen LogP contribution in [0.2, 0.25) is 0 Å². The fourth-order valence-electron chi connectivity index (χ4n) is 4.77. The molecule has 2 aromatic carbocycles. The smallest absolute Gasteiger partial charge is 0.329 e. The van der Waals surface area contributed by atoms with E-state index in [-0.39, 0.29) is 23.2 Å². The molecule has 0 spiro atoms. The number of benzene rings is 2.